The quantitative estimate of drug-likeness (QED) is 0.383. The van der Waals surface area contributed by atoms with Crippen LogP contribution in [0.25, 0.3) is 0 Å². The fourth-order valence-electron chi connectivity index (χ4n) is 7.50. The van der Waals surface area contributed by atoms with Crippen molar-refractivity contribution >= 4 is 25.8 Å². The van der Waals surface area contributed by atoms with Gasteiger partial charge in [-0.15, -0.1) is 9.42 Å². The third-order valence-corrected chi connectivity index (χ3v) is 9.31. The molecule has 4 rings (SSSR count). The van der Waals surface area contributed by atoms with E-state index < -0.39 is 49.1 Å². The van der Waals surface area contributed by atoms with Crippen LogP contribution in [0.2, 0.25) is 0 Å². The van der Waals surface area contributed by atoms with Gasteiger partial charge >= 0.3 is 14.2 Å². The van der Waals surface area contributed by atoms with Gasteiger partial charge in [0.1, 0.15) is 5.60 Å². The number of esters is 1. The predicted molar refractivity (Wildman–Crippen MR) is 126 cm³/mol. The lowest BCUT2D eigenvalue weighted by molar-refractivity contribution is -0.182. The first kappa shape index (κ1) is 27.8. The number of aliphatic hydroxyl groups excluding tert-OH is 1. The first-order valence-corrected chi connectivity index (χ1v) is 13.1. The number of ketones is 2. The molecule has 3 saturated carbocycles. The van der Waals surface area contributed by atoms with E-state index in [4.69, 9.17) is 9.63 Å². The first-order chi connectivity index (χ1) is 16.2. The number of aliphatic hydroxyl groups is 2. The standard InChI is InChI=1S/C24H32O6.CH3O3P/c1-13-9-16-17-6-8-24(29,20(28)12-30-14(2)25)23(17,4)11-19(27)21(16)22(3)7-5-15(26)10-18(13)22;1-4-5(2)3/h5,7,10,13,16-17,19,21,27,29H,6,8-9,11-12H2,1-4H3;1H3/p+1/t13-,16-,17-,19-,21+,22-,23-,24-;/m0./s1. The van der Waals surface area contributed by atoms with E-state index >= 15 is 0 Å². The Morgan fingerprint density at radius 3 is 2.49 bits per heavy atom. The van der Waals surface area contributed by atoms with Crippen molar-refractivity contribution in [2.75, 3.05) is 13.7 Å². The van der Waals surface area contributed by atoms with Crippen LogP contribution >= 0.6 is 8.25 Å². The van der Waals surface area contributed by atoms with Gasteiger partial charge in [0.25, 0.3) is 0 Å². The highest BCUT2D eigenvalue weighted by Gasteiger charge is 2.68. The minimum Gasteiger partial charge on any atom is -0.458 e. The summed E-state index contributed by atoms with van der Waals surface area (Å²) in [5.41, 5.74) is -1.72. The van der Waals surface area contributed by atoms with Crippen LogP contribution in [0.5, 0.6) is 0 Å². The molecule has 35 heavy (non-hydrogen) atoms. The van der Waals surface area contributed by atoms with E-state index in [1.165, 1.54) is 14.0 Å². The molecule has 0 radical (unpaired) electrons. The highest BCUT2D eigenvalue weighted by molar-refractivity contribution is 7.32. The smallest absolute Gasteiger partial charge is 0.458 e. The average molecular weight is 512 g/mol. The van der Waals surface area contributed by atoms with Crippen molar-refractivity contribution in [3.8, 4) is 0 Å². The van der Waals surface area contributed by atoms with Crippen LogP contribution in [-0.2, 0) is 28.2 Å². The van der Waals surface area contributed by atoms with Gasteiger partial charge in [-0.2, -0.15) is 0 Å². The summed E-state index contributed by atoms with van der Waals surface area (Å²) in [4.78, 5) is 43.8. The molecule has 9 atom stereocenters. The molecule has 0 spiro atoms. The van der Waals surface area contributed by atoms with Crippen molar-refractivity contribution in [3.05, 3.63) is 23.8 Å². The number of hydrogen-bond acceptors (Lipinski definition) is 8. The lowest BCUT2D eigenvalue weighted by atomic mass is 9.45. The second kappa shape index (κ2) is 9.94. The molecule has 0 amide bonds. The highest BCUT2D eigenvalue weighted by Crippen LogP contribution is 2.67. The van der Waals surface area contributed by atoms with Gasteiger partial charge in [-0.05, 0) is 55.6 Å². The Hall–Kier alpha value is -1.77. The number of fused-ring (bicyclic) bond motifs is 5. The summed E-state index contributed by atoms with van der Waals surface area (Å²) in [6.45, 7) is 6.94. The van der Waals surface area contributed by atoms with Crippen molar-refractivity contribution in [2.45, 2.75) is 65.1 Å². The minimum atomic E-state index is -2.35. The van der Waals surface area contributed by atoms with Gasteiger partial charge in [-0.3, -0.25) is 14.4 Å². The molecule has 0 aromatic rings. The predicted octanol–water partition coefficient (Wildman–Crippen LogP) is 2.66. The Morgan fingerprint density at radius 1 is 1.29 bits per heavy atom. The van der Waals surface area contributed by atoms with Gasteiger partial charge in [-0.1, -0.05) is 32.4 Å². The molecular formula is C25H36O9P+. The van der Waals surface area contributed by atoms with E-state index in [-0.39, 0.29) is 29.5 Å². The lowest BCUT2D eigenvalue weighted by Crippen LogP contribution is -2.62. The zero-order valence-corrected chi connectivity index (χ0v) is 21.8. The molecule has 0 aromatic heterocycles. The molecule has 0 aromatic carbocycles. The number of hydrogen-bond donors (Lipinski definition) is 3. The van der Waals surface area contributed by atoms with Crippen molar-refractivity contribution in [1.82, 2.24) is 0 Å². The second-order valence-corrected chi connectivity index (χ2v) is 11.6. The number of carbonyl (C=O) groups is 3. The minimum absolute atomic E-state index is 0.00535. The molecule has 10 heteroatoms. The summed E-state index contributed by atoms with van der Waals surface area (Å²) < 4.78 is 18.0. The van der Waals surface area contributed by atoms with E-state index in [1.807, 2.05) is 13.0 Å². The van der Waals surface area contributed by atoms with E-state index in [2.05, 4.69) is 18.4 Å². The molecule has 0 aliphatic heterocycles. The number of ether oxygens (including phenoxy) is 1. The molecule has 3 fully saturated rings. The van der Waals surface area contributed by atoms with E-state index in [9.17, 15) is 29.2 Å². The van der Waals surface area contributed by atoms with Crippen LogP contribution in [0.1, 0.15) is 53.4 Å². The van der Waals surface area contributed by atoms with Gasteiger partial charge < -0.3 is 14.9 Å². The summed E-state index contributed by atoms with van der Waals surface area (Å²) in [7, 11) is -1.18. The molecule has 0 bridgehead atoms. The molecule has 0 heterocycles. The van der Waals surface area contributed by atoms with Gasteiger partial charge in [-0.25, -0.2) is 0 Å². The van der Waals surface area contributed by atoms with Gasteiger partial charge in [0.15, 0.2) is 12.4 Å². The maximum atomic E-state index is 12.9. The fourth-order valence-corrected chi connectivity index (χ4v) is 7.50. The van der Waals surface area contributed by atoms with Crippen LogP contribution in [0.3, 0.4) is 0 Å². The van der Waals surface area contributed by atoms with E-state index in [0.717, 1.165) is 12.0 Å². The molecular weight excluding hydrogens is 475 g/mol. The Balaban J connectivity index is 0.000000623. The van der Waals surface area contributed by atoms with Crippen LogP contribution < -0.4 is 0 Å². The first-order valence-electron chi connectivity index (χ1n) is 11.9. The topological polar surface area (TPSA) is 147 Å². The van der Waals surface area contributed by atoms with Crippen molar-refractivity contribution < 1.29 is 43.3 Å². The molecule has 3 N–H and O–H groups in total. The maximum absolute atomic E-state index is 12.9. The van der Waals surface area contributed by atoms with E-state index in [0.29, 0.717) is 19.3 Å². The molecule has 4 aliphatic rings. The van der Waals surface area contributed by atoms with Crippen molar-refractivity contribution in [2.24, 2.45) is 34.5 Å². The fraction of sp³-hybridized carbons (Fsp3) is 0.720. The SMILES string of the molecule is CC(=O)OCC(=O)[C@@]1(O)CC[C@H]2[C@@H]3C[C@H](C)C4=CC(=O)C=C[C@]4(C)[C@H]3[C@@H](O)C[C@@]21C.CO[P+](=O)O. The Morgan fingerprint density at radius 2 is 1.91 bits per heavy atom. The number of rotatable bonds is 4. The lowest BCUT2D eigenvalue weighted by Gasteiger charge is -2.60. The average Bonchev–Trinajstić information content (AvgIpc) is 3.04. The number of allylic oxidation sites excluding steroid dienone is 4. The molecule has 9 nitrogen and oxygen atoms in total. The van der Waals surface area contributed by atoms with Crippen LogP contribution in [0.4, 0.5) is 0 Å². The van der Waals surface area contributed by atoms with Gasteiger partial charge in [0, 0.05) is 28.2 Å². The van der Waals surface area contributed by atoms with Gasteiger partial charge in [0.2, 0.25) is 5.78 Å². The number of carbonyl (C=O) groups excluding carboxylic acids is 3. The molecule has 4 aliphatic carbocycles. The Labute approximate surface area is 206 Å². The highest BCUT2D eigenvalue weighted by atomic mass is 31.1. The summed E-state index contributed by atoms with van der Waals surface area (Å²) in [6, 6.07) is 0. The van der Waals surface area contributed by atoms with Crippen molar-refractivity contribution in [3.63, 3.8) is 0 Å². The monoisotopic (exact) mass is 511 g/mol. The summed E-state index contributed by atoms with van der Waals surface area (Å²) in [5.74, 6) is -0.712. The van der Waals surface area contributed by atoms with Crippen LogP contribution in [0, 0.1) is 34.5 Å². The summed E-state index contributed by atoms with van der Waals surface area (Å²) in [6.07, 6.45) is 6.71. The Bertz CT molecular complexity index is 974. The summed E-state index contributed by atoms with van der Waals surface area (Å²) >= 11 is 0. The number of Topliss-reactive ketones (excluding diaryl/α,β-unsaturated/α-hetero) is 1. The third kappa shape index (κ3) is 4.69. The van der Waals surface area contributed by atoms with Gasteiger partial charge in [0.05, 0.1) is 13.2 Å². The third-order valence-electron chi connectivity index (χ3n) is 8.99. The maximum Gasteiger partial charge on any atom is 0.694 e. The van der Waals surface area contributed by atoms with Crippen molar-refractivity contribution in [1.29, 1.82) is 0 Å². The zero-order chi connectivity index (χ0) is 26.3. The van der Waals surface area contributed by atoms with Crippen LogP contribution in [0.15, 0.2) is 23.8 Å². The molecule has 0 saturated heterocycles. The Kier molecular flexibility index (Phi) is 7.90. The zero-order valence-electron chi connectivity index (χ0n) is 20.9. The normalized spacial score (nSPS) is 41.9. The second-order valence-electron chi connectivity index (χ2n) is 10.8. The van der Waals surface area contributed by atoms with Crippen LogP contribution in [-0.4, -0.2) is 58.1 Å². The largest absolute Gasteiger partial charge is 0.694 e. The molecule has 1 unspecified atom stereocenters. The van der Waals surface area contributed by atoms with E-state index in [1.54, 1.807) is 12.2 Å². The summed E-state index contributed by atoms with van der Waals surface area (Å²) in [5, 5.41) is 22.9. The molecule has 194 valence electrons.